The van der Waals surface area contributed by atoms with E-state index in [0.29, 0.717) is 16.5 Å². The van der Waals surface area contributed by atoms with Gasteiger partial charge in [0, 0.05) is 10.7 Å². The van der Waals surface area contributed by atoms with Crippen LogP contribution in [0.25, 0.3) is 0 Å². The Morgan fingerprint density at radius 2 is 2.13 bits per heavy atom. The summed E-state index contributed by atoms with van der Waals surface area (Å²) in [4.78, 5) is 11.3. The molecule has 0 bridgehead atoms. The summed E-state index contributed by atoms with van der Waals surface area (Å²) in [5, 5.41) is 3.39. The zero-order valence-electron chi connectivity index (χ0n) is 8.00. The first-order valence-electron chi connectivity index (χ1n) is 4.29. The monoisotopic (exact) mass is 239 g/mol. The summed E-state index contributed by atoms with van der Waals surface area (Å²) in [6.07, 6.45) is 5.07. The van der Waals surface area contributed by atoms with Crippen molar-refractivity contribution in [3.05, 3.63) is 29.3 Å². The molecule has 0 spiro atoms. The molecule has 0 atom stereocenters. The van der Waals surface area contributed by atoms with Crippen LogP contribution in [0.15, 0.2) is 24.3 Å². The van der Waals surface area contributed by atoms with Crippen molar-refractivity contribution in [3.63, 3.8) is 0 Å². The van der Waals surface area contributed by atoms with Gasteiger partial charge < -0.3 is 5.32 Å². The van der Waals surface area contributed by atoms with Gasteiger partial charge in [0.2, 0.25) is 5.91 Å². The zero-order chi connectivity index (χ0) is 11.1. The van der Waals surface area contributed by atoms with E-state index in [-0.39, 0.29) is 5.91 Å². The van der Waals surface area contributed by atoms with Crippen molar-refractivity contribution in [2.45, 2.75) is 0 Å². The molecule has 1 N–H and O–H groups in total. The lowest BCUT2D eigenvalue weighted by molar-refractivity contribution is -0.113. The van der Waals surface area contributed by atoms with E-state index >= 15 is 0 Å². The van der Waals surface area contributed by atoms with Crippen molar-refractivity contribution in [3.8, 4) is 12.3 Å². The molecular formula is C11H10ClNOS. The van der Waals surface area contributed by atoms with Crippen LogP contribution < -0.4 is 5.32 Å². The van der Waals surface area contributed by atoms with E-state index in [0.717, 1.165) is 5.69 Å². The number of terminal acetylenes is 1. The van der Waals surface area contributed by atoms with Gasteiger partial charge in [0.25, 0.3) is 0 Å². The average Bonchev–Trinajstić information content (AvgIpc) is 2.22. The van der Waals surface area contributed by atoms with Crippen LogP contribution in [0.3, 0.4) is 0 Å². The summed E-state index contributed by atoms with van der Waals surface area (Å²) in [5.74, 6) is 3.32. The molecule has 0 aliphatic rings. The van der Waals surface area contributed by atoms with Crippen LogP contribution in [0, 0.1) is 12.3 Å². The van der Waals surface area contributed by atoms with Crippen molar-refractivity contribution >= 4 is 35.0 Å². The second-order valence-corrected chi connectivity index (χ2v) is 4.17. The Morgan fingerprint density at radius 1 is 1.47 bits per heavy atom. The lowest BCUT2D eigenvalue weighted by Crippen LogP contribution is -2.14. The molecule has 0 radical (unpaired) electrons. The lowest BCUT2D eigenvalue weighted by atomic mass is 10.3. The van der Waals surface area contributed by atoms with Crippen LogP contribution >= 0.6 is 23.4 Å². The topological polar surface area (TPSA) is 29.1 Å². The molecule has 0 aromatic heterocycles. The highest BCUT2D eigenvalue weighted by molar-refractivity contribution is 8.00. The van der Waals surface area contributed by atoms with Gasteiger partial charge in [0.15, 0.2) is 0 Å². The highest BCUT2D eigenvalue weighted by Crippen LogP contribution is 2.13. The number of nitrogens with one attached hydrogen (secondary N) is 1. The van der Waals surface area contributed by atoms with Crippen LogP contribution in [0.4, 0.5) is 5.69 Å². The number of hydrogen-bond donors (Lipinski definition) is 1. The maximum atomic E-state index is 11.3. The molecule has 2 nitrogen and oxygen atoms in total. The van der Waals surface area contributed by atoms with Gasteiger partial charge >= 0.3 is 0 Å². The fourth-order valence-electron chi connectivity index (χ4n) is 0.933. The molecule has 15 heavy (non-hydrogen) atoms. The molecule has 78 valence electrons. The zero-order valence-corrected chi connectivity index (χ0v) is 9.57. The number of carbonyl (C=O) groups is 1. The van der Waals surface area contributed by atoms with Crippen molar-refractivity contribution in [1.29, 1.82) is 0 Å². The first-order chi connectivity index (χ1) is 7.22. The standard InChI is InChI=1S/C11H10ClNOS/c1-2-7-15-8-11(14)13-10-5-3-9(12)4-6-10/h1,3-6H,7-8H2,(H,13,14). The summed E-state index contributed by atoms with van der Waals surface area (Å²) in [5.41, 5.74) is 0.741. The van der Waals surface area contributed by atoms with E-state index < -0.39 is 0 Å². The third-order valence-corrected chi connectivity index (χ3v) is 2.64. The third-order valence-electron chi connectivity index (χ3n) is 1.55. The molecule has 0 heterocycles. The summed E-state index contributed by atoms with van der Waals surface area (Å²) in [6, 6.07) is 6.97. The second-order valence-electron chi connectivity index (χ2n) is 2.75. The van der Waals surface area contributed by atoms with Crippen LogP contribution in [0.2, 0.25) is 5.02 Å². The predicted molar refractivity (Wildman–Crippen MR) is 66.2 cm³/mol. The van der Waals surface area contributed by atoms with Gasteiger partial charge in [-0.3, -0.25) is 4.79 Å². The lowest BCUT2D eigenvalue weighted by Gasteiger charge is -2.03. The average molecular weight is 240 g/mol. The molecule has 1 rings (SSSR count). The first kappa shape index (κ1) is 12.0. The molecule has 1 aromatic rings. The molecule has 1 aromatic carbocycles. The Bertz CT molecular complexity index is 369. The van der Waals surface area contributed by atoms with Gasteiger partial charge in [0.05, 0.1) is 11.5 Å². The Kier molecular flexibility index (Phi) is 5.09. The van der Waals surface area contributed by atoms with E-state index in [9.17, 15) is 4.79 Å². The van der Waals surface area contributed by atoms with Crippen molar-refractivity contribution in [1.82, 2.24) is 0 Å². The smallest absolute Gasteiger partial charge is 0.234 e. The van der Waals surface area contributed by atoms with E-state index in [1.54, 1.807) is 24.3 Å². The number of benzene rings is 1. The molecule has 0 saturated heterocycles. The number of halogens is 1. The molecule has 0 unspecified atom stereocenters. The predicted octanol–water partition coefficient (Wildman–Crippen LogP) is 2.64. The molecule has 0 aliphatic heterocycles. The summed E-state index contributed by atoms with van der Waals surface area (Å²) >= 11 is 7.12. The van der Waals surface area contributed by atoms with E-state index in [4.69, 9.17) is 18.0 Å². The molecule has 1 amide bonds. The van der Waals surface area contributed by atoms with E-state index in [2.05, 4.69) is 11.2 Å². The van der Waals surface area contributed by atoms with Gasteiger partial charge in [0.1, 0.15) is 0 Å². The normalized spacial score (nSPS) is 9.33. The number of hydrogen-bond acceptors (Lipinski definition) is 2. The quantitative estimate of drug-likeness (QED) is 0.647. The minimum absolute atomic E-state index is 0.0578. The van der Waals surface area contributed by atoms with Crippen LogP contribution in [0.5, 0.6) is 0 Å². The summed E-state index contributed by atoms with van der Waals surface area (Å²) in [7, 11) is 0. The van der Waals surface area contributed by atoms with Gasteiger partial charge in [-0.1, -0.05) is 17.5 Å². The largest absolute Gasteiger partial charge is 0.325 e. The minimum atomic E-state index is -0.0578. The van der Waals surface area contributed by atoms with Gasteiger partial charge in [-0.15, -0.1) is 18.2 Å². The Labute approximate surface area is 98.4 Å². The van der Waals surface area contributed by atoms with E-state index in [1.807, 2.05) is 0 Å². The Morgan fingerprint density at radius 3 is 2.73 bits per heavy atom. The van der Waals surface area contributed by atoms with E-state index in [1.165, 1.54) is 11.8 Å². The van der Waals surface area contributed by atoms with Gasteiger partial charge in [-0.25, -0.2) is 0 Å². The number of amides is 1. The van der Waals surface area contributed by atoms with Crippen molar-refractivity contribution < 1.29 is 4.79 Å². The number of anilines is 1. The Balaban J connectivity index is 2.38. The summed E-state index contributed by atoms with van der Waals surface area (Å²) in [6.45, 7) is 0. The minimum Gasteiger partial charge on any atom is -0.325 e. The molecule has 4 heteroatoms. The summed E-state index contributed by atoms with van der Waals surface area (Å²) < 4.78 is 0. The van der Waals surface area contributed by atoms with Crippen LogP contribution in [-0.2, 0) is 4.79 Å². The fraction of sp³-hybridized carbons (Fsp3) is 0.182. The highest BCUT2D eigenvalue weighted by Gasteiger charge is 2.01. The van der Waals surface area contributed by atoms with Crippen molar-refractivity contribution in [2.75, 3.05) is 16.8 Å². The second kappa shape index (κ2) is 6.39. The maximum Gasteiger partial charge on any atom is 0.234 e. The number of rotatable bonds is 4. The highest BCUT2D eigenvalue weighted by atomic mass is 35.5. The Hall–Kier alpha value is -1.11. The van der Waals surface area contributed by atoms with Crippen LogP contribution in [-0.4, -0.2) is 17.4 Å². The SMILES string of the molecule is C#CCSCC(=O)Nc1ccc(Cl)cc1. The molecular weight excluding hydrogens is 230 g/mol. The molecule has 0 saturated carbocycles. The van der Waals surface area contributed by atoms with Gasteiger partial charge in [-0.05, 0) is 24.3 Å². The third kappa shape index (κ3) is 4.78. The van der Waals surface area contributed by atoms with Crippen LogP contribution in [0.1, 0.15) is 0 Å². The number of thioether (sulfide) groups is 1. The maximum absolute atomic E-state index is 11.3. The number of carbonyl (C=O) groups excluding carboxylic acids is 1. The van der Waals surface area contributed by atoms with Crippen molar-refractivity contribution in [2.24, 2.45) is 0 Å². The fourth-order valence-corrected chi connectivity index (χ4v) is 1.54. The van der Waals surface area contributed by atoms with Gasteiger partial charge in [-0.2, -0.15) is 0 Å². The molecule has 0 aliphatic carbocycles. The first-order valence-corrected chi connectivity index (χ1v) is 5.82. The molecule has 0 fully saturated rings.